The minimum absolute atomic E-state index is 0.0230. The summed E-state index contributed by atoms with van der Waals surface area (Å²) in [5, 5.41) is 9.67. The predicted octanol–water partition coefficient (Wildman–Crippen LogP) is 4.86. The van der Waals surface area contributed by atoms with Crippen LogP contribution in [0.25, 0.3) is 0 Å². The number of carbonyl (C=O) groups is 1. The molecule has 0 spiro atoms. The van der Waals surface area contributed by atoms with Gasteiger partial charge < -0.3 is 9.84 Å². The summed E-state index contributed by atoms with van der Waals surface area (Å²) in [5.41, 5.74) is 0. The van der Waals surface area contributed by atoms with Crippen LogP contribution in [-0.2, 0) is 9.53 Å². The predicted molar refractivity (Wildman–Crippen MR) is 88.3 cm³/mol. The maximum absolute atomic E-state index is 11.5. The number of hydrogen-bond acceptors (Lipinski definition) is 3. The lowest BCUT2D eigenvalue weighted by Crippen LogP contribution is -2.29. The molecule has 126 valence electrons. The van der Waals surface area contributed by atoms with Crippen molar-refractivity contribution in [2.24, 2.45) is 5.92 Å². The Bertz CT molecular complexity index is 241. The first-order chi connectivity index (χ1) is 10.1. The van der Waals surface area contributed by atoms with Gasteiger partial charge in [0.2, 0.25) is 0 Å². The van der Waals surface area contributed by atoms with E-state index in [-0.39, 0.29) is 5.92 Å². The number of unbranched alkanes of at least 4 members (excludes halogenated alkanes) is 9. The molecule has 0 radical (unpaired) electrons. The maximum atomic E-state index is 11.5. The van der Waals surface area contributed by atoms with Crippen molar-refractivity contribution in [3.8, 4) is 0 Å². The Labute approximate surface area is 131 Å². The molecule has 3 heteroatoms. The van der Waals surface area contributed by atoms with E-state index in [4.69, 9.17) is 4.74 Å². The molecule has 0 aromatic rings. The molecule has 1 N–H and O–H groups in total. The summed E-state index contributed by atoms with van der Waals surface area (Å²) in [4.78, 5) is 11.5. The SMILES string of the molecule is CCCCCCCCCCCCOC(=O)C(O)C(C)CC. The standard InChI is InChI=1S/C18H36O3/c1-4-6-7-8-9-10-11-12-13-14-15-21-18(20)17(19)16(3)5-2/h16-17,19H,4-15H2,1-3H3. The zero-order chi connectivity index (χ0) is 15.9. The van der Waals surface area contributed by atoms with E-state index in [2.05, 4.69) is 6.92 Å². The zero-order valence-electron chi connectivity index (χ0n) is 14.4. The van der Waals surface area contributed by atoms with E-state index in [9.17, 15) is 9.90 Å². The van der Waals surface area contributed by atoms with Crippen LogP contribution in [0.3, 0.4) is 0 Å². The molecular formula is C18H36O3. The number of ether oxygens (including phenoxy) is 1. The molecule has 2 atom stereocenters. The highest BCUT2D eigenvalue weighted by atomic mass is 16.5. The first kappa shape index (κ1) is 20.4. The number of esters is 1. The van der Waals surface area contributed by atoms with Gasteiger partial charge in [0.1, 0.15) is 0 Å². The van der Waals surface area contributed by atoms with Crippen LogP contribution in [0.15, 0.2) is 0 Å². The molecule has 3 nitrogen and oxygen atoms in total. The summed E-state index contributed by atoms with van der Waals surface area (Å²) >= 11 is 0. The molecule has 0 saturated carbocycles. The van der Waals surface area contributed by atoms with Gasteiger partial charge in [-0.25, -0.2) is 4.79 Å². The monoisotopic (exact) mass is 300 g/mol. The Kier molecular flexibility index (Phi) is 14.0. The molecule has 0 aliphatic heterocycles. The summed E-state index contributed by atoms with van der Waals surface area (Å²) < 4.78 is 5.11. The average Bonchev–Trinajstić information content (AvgIpc) is 2.50. The fourth-order valence-corrected chi connectivity index (χ4v) is 2.30. The topological polar surface area (TPSA) is 46.5 Å². The highest BCUT2D eigenvalue weighted by Gasteiger charge is 2.21. The molecule has 0 amide bonds. The number of aliphatic hydroxyl groups is 1. The Balaban J connectivity index is 3.30. The van der Waals surface area contributed by atoms with Crippen LogP contribution >= 0.6 is 0 Å². The lowest BCUT2D eigenvalue weighted by Gasteiger charge is -2.15. The molecule has 0 saturated heterocycles. The summed E-state index contributed by atoms with van der Waals surface area (Å²) in [6.45, 7) is 6.52. The van der Waals surface area contributed by atoms with E-state index in [1.165, 1.54) is 51.4 Å². The van der Waals surface area contributed by atoms with Crippen molar-refractivity contribution in [1.29, 1.82) is 0 Å². The van der Waals surface area contributed by atoms with Gasteiger partial charge in [-0.3, -0.25) is 0 Å². The summed E-state index contributed by atoms with van der Waals surface area (Å²) in [6.07, 6.45) is 12.5. The van der Waals surface area contributed by atoms with E-state index in [1.54, 1.807) is 0 Å². The first-order valence-electron chi connectivity index (χ1n) is 8.98. The lowest BCUT2D eigenvalue weighted by atomic mass is 10.0. The fourth-order valence-electron chi connectivity index (χ4n) is 2.30. The largest absolute Gasteiger partial charge is 0.464 e. The molecule has 2 unspecified atom stereocenters. The second-order valence-electron chi connectivity index (χ2n) is 6.18. The normalized spacial score (nSPS) is 13.9. The summed E-state index contributed by atoms with van der Waals surface area (Å²) in [7, 11) is 0. The van der Waals surface area contributed by atoms with Gasteiger partial charge in [-0.15, -0.1) is 0 Å². The van der Waals surface area contributed by atoms with Crippen molar-refractivity contribution < 1.29 is 14.6 Å². The van der Waals surface area contributed by atoms with Crippen LogP contribution in [0, 0.1) is 5.92 Å². The molecule has 0 rings (SSSR count). The van der Waals surface area contributed by atoms with E-state index in [0.29, 0.717) is 6.61 Å². The van der Waals surface area contributed by atoms with Crippen molar-refractivity contribution in [2.45, 2.75) is 97.5 Å². The van der Waals surface area contributed by atoms with Gasteiger partial charge in [-0.05, 0) is 12.3 Å². The molecule has 0 aromatic heterocycles. The average molecular weight is 300 g/mol. The van der Waals surface area contributed by atoms with Gasteiger partial charge in [0.05, 0.1) is 6.61 Å². The van der Waals surface area contributed by atoms with Gasteiger partial charge in [-0.2, -0.15) is 0 Å². The van der Waals surface area contributed by atoms with Crippen LogP contribution in [0.4, 0.5) is 0 Å². The second-order valence-corrected chi connectivity index (χ2v) is 6.18. The van der Waals surface area contributed by atoms with Gasteiger partial charge in [0.25, 0.3) is 0 Å². The highest BCUT2D eigenvalue weighted by molar-refractivity contribution is 5.74. The van der Waals surface area contributed by atoms with E-state index in [1.807, 2.05) is 13.8 Å². The minimum atomic E-state index is -0.960. The molecular weight excluding hydrogens is 264 g/mol. The summed E-state index contributed by atoms with van der Waals surface area (Å²) in [5.74, 6) is -0.481. The molecule has 0 aromatic carbocycles. The van der Waals surface area contributed by atoms with Gasteiger partial charge in [0.15, 0.2) is 6.10 Å². The number of carbonyl (C=O) groups excluding carboxylic acids is 1. The lowest BCUT2D eigenvalue weighted by molar-refractivity contribution is -0.156. The Morgan fingerprint density at radius 3 is 1.86 bits per heavy atom. The van der Waals surface area contributed by atoms with E-state index >= 15 is 0 Å². The van der Waals surface area contributed by atoms with Crippen molar-refractivity contribution >= 4 is 5.97 Å². The van der Waals surface area contributed by atoms with E-state index < -0.39 is 12.1 Å². The Morgan fingerprint density at radius 2 is 1.38 bits per heavy atom. The van der Waals surface area contributed by atoms with Gasteiger partial charge >= 0.3 is 5.97 Å². The third kappa shape index (κ3) is 11.7. The quantitative estimate of drug-likeness (QED) is 0.368. The molecule has 21 heavy (non-hydrogen) atoms. The number of hydrogen-bond donors (Lipinski definition) is 1. The molecule has 0 aliphatic rings. The maximum Gasteiger partial charge on any atom is 0.335 e. The number of rotatable bonds is 14. The number of aliphatic hydroxyl groups excluding tert-OH is 1. The van der Waals surface area contributed by atoms with Crippen LogP contribution in [-0.4, -0.2) is 23.8 Å². The summed E-state index contributed by atoms with van der Waals surface area (Å²) in [6, 6.07) is 0. The molecule has 0 bridgehead atoms. The molecule has 0 fully saturated rings. The molecule has 0 aliphatic carbocycles. The van der Waals surface area contributed by atoms with Crippen molar-refractivity contribution in [1.82, 2.24) is 0 Å². The smallest absolute Gasteiger partial charge is 0.335 e. The zero-order valence-corrected chi connectivity index (χ0v) is 14.4. The van der Waals surface area contributed by atoms with Crippen LogP contribution in [0.5, 0.6) is 0 Å². The van der Waals surface area contributed by atoms with Gasteiger partial charge in [-0.1, -0.05) is 85.0 Å². The molecule has 0 heterocycles. The van der Waals surface area contributed by atoms with Crippen LogP contribution < -0.4 is 0 Å². The van der Waals surface area contributed by atoms with Crippen LogP contribution in [0.1, 0.15) is 91.4 Å². The third-order valence-corrected chi connectivity index (χ3v) is 4.17. The van der Waals surface area contributed by atoms with Crippen molar-refractivity contribution in [3.63, 3.8) is 0 Å². The Hall–Kier alpha value is -0.570. The van der Waals surface area contributed by atoms with Crippen LogP contribution in [0.2, 0.25) is 0 Å². The fraction of sp³-hybridized carbons (Fsp3) is 0.944. The second kappa shape index (κ2) is 14.4. The first-order valence-corrected chi connectivity index (χ1v) is 8.98. The highest BCUT2D eigenvalue weighted by Crippen LogP contribution is 2.11. The van der Waals surface area contributed by atoms with Crippen molar-refractivity contribution in [2.75, 3.05) is 6.61 Å². The van der Waals surface area contributed by atoms with Crippen molar-refractivity contribution in [3.05, 3.63) is 0 Å². The third-order valence-electron chi connectivity index (χ3n) is 4.17. The van der Waals surface area contributed by atoms with E-state index in [0.717, 1.165) is 19.3 Å². The van der Waals surface area contributed by atoms with Gasteiger partial charge in [0, 0.05) is 0 Å². The minimum Gasteiger partial charge on any atom is -0.464 e. The Morgan fingerprint density at radius 1 is 0.905 bits per heavy atom.